The molecule has 0 amide bonds. The molecule has 1 atom stereocenters. The fraction of sp³-hybridized carbons (Fsp3) is 0.611. The molecule has 0 aromatic carbocycles. The second-order valence-corrected chi connectivity index (χ2v) is 9.66. The van der Waals surface area contributed by atoms with Crippen LogP contribution in [0.4, 0.5) is 0 Å². The van der Waals surface area contributed by atoms with Crippen LogP contribution < -0.4 is 0 Å². The van der Waals surface area contributed by atoms with Crippen LogP contribution in [0, 0.1) is 5.92 Å². The van der Waals surface area contributed by atoms with E-state index in [-0.39, 0.29) is 12.0 Å². The molecule has 148 valence electrons. The van der Waals surface area contributed by atoms with E-state index in [1.54, 1.807) is 30.8 Å². The Kier molecular flexibility index (Phi) is 5.92. The number of rotatable bonds is 6. The van der Waals surface area contributed by atoms with Crippen LogP contribution in [0.1, 0.15) is 38.4 Å². The van der Waals surface area contributed by atoms with Crippen molar-refractivity contribution in [1.29, 1.82) is 0 Å². The molecule has 0 spiro atoms. The van der Waals surface area contributed by atoms with E-state index in [9.17, 15) is 8.42 Å². The van der Waals surface area contributed by atoms with Gasteiger partial charge in [-0.2, -0.15) is 22.1 Å². The molecule has 0 N–H and O–H groups in total. The van der Waals surface area contributed by atoms with Crippen LogP contribution in [0.3, 0.4) is 0 Å². The van der Waals surface area contributed by atoms with Crippen LogP contribution in [0.2, 0.25) is 0 Å². The first-order valence-electron chi connectivity index (χ1n) is 9.31. The number of hydrogen-bond acceptors (Lipinski definition) is 5. The van der Waals surface area contributed by atoms with Gasteiger partial charge >= 0.3 is 0 Å². The lowest BCUT2D eigenvalue weighted by Crippen LogP contribution is -2.45. The average molecular weight is 393 g/mol. The minimum atomic E-state index is -3.38. The highest BCUT2D eigenvalue weighted by Gasteiger charge is 2.31. The van der Waals surface area contributed by atoms with Gasteiger partial charge in [0, 0.05) is 57.4 Å². The van der Waals surface area contributed by atoms with Gasteiger partial charge in [0.05, 0.1) is 17.6 Å². The summed E-state index contributed by atoms with van der Waals surface area (Å²) in [5.41, 5.74) is 2.67. The van der Waals surface area contributed by atoms with Crippen molar-refractivity contribution in [3.05, 3.63) is 30.5 Å². The third kappa shape index (κ3) is 4.36. The van der Waals surface area contributed by atoms with Crippen LogP contribution in [-0.4, -0.2) is 64.0 Å². The molecule has 8 nitrogen and oxygen atoms in total. The lowest BCUT2D eigenvalue weighted by atomic mass is 9.93. The maximum atomic E-state index is 12.5. The minimum Gasteiger partial charge on any atom is -0.270 e. The van der Waals surface area contributed by atoms with E-state index in [1.165, 1.54) is 4.31 Å². The molecular formula is C18H28N6O2S. The zero-order valence-corrected chi connectivity index (χ0v) is 17.2. The minimum absolute atomic E-state index is 0.226. The van der Waals surface area contributed by atoms with Crippen LogP contribution in [0.25, 0.3) is 11.3 Å². The summed E-state index contributed by atoms with van der Waals surface area (Å²) in [6.45, 7) is 5.25. The second-order valence-electron chi connectivity index (χ2n) is 7.51. The molecule has 9 heteroatoms. The fourth-order valence-corrected chi connectivity index (χ4v) is 4.63. The summed E-state index contributed by atoms with van der Waals surface area (Å²) < 4.78 is 29.7. The molecule has 2 aromatic rings. The van der Waals surface area contributed by atoms with Crippen molar-refractivity contribution in [3.8, 4) is 11.3 Å². The Balaban J connectivity index is 1.80. The normalized spacial score (nSPS) is 19.1. The van der Waals surface area contributed by atoms with Crippen molar-refractivity contribution in [2.24, 2.45) is 5.92 Å². The standard InChI is InChI=1S/C18H28N6O2S/c1-14(2)24-13-16(11-21-24)18-17(19-7-8-20-18)10-15-6-5-9-23(12-15)27(25,26)22(3)4/h7-8,11,13-15H,5-6,9-10,12H2,1-4H3/t15-/m1/s1. The maximum absolute atomic E-state index is 12.5. The van der Waals surface area contributed by atoms with Crippen LogP contribution in [0.5, 0.6) is 0 Å². The molecule has 1 saturated heterocycles. The molecule has 1 fully saturated rings. The van der Waals surface area contributed by atoms with E-state index in [0.29, 0.717) is 19.5 Å². The largest absolute Gasteiger partial charge is 0.281 e. The van der Waals surface area contributed by atoms with Gasteiger partial charge in [-0.15, -0.1) is 0 Å². The van der Waals surface area contributed by atoms with Crippen LogP contribution in [-0.2, 0) is 16.6 Å². The Labute approximate surface area is 161 Å². The van der Waals surface area contributed by atoms with Crippen LogP contribution in [0.15, 0.2) is 24.8 Å². The summed E-state index contributed by atoms with van der Waals surface area (Å²) >= 11 is 0. The molecule has 1 aliphatic rings. The Morgan fingerprint density at radius 1 is 1.26 bits per heavy atom. The molecule has 2 aromatic heterocycles. The van der Waals surface area contributed by atoms with Crippen molar-refractivity contribution in [2.45, 2.75) is 39.2 Å². The van der Waals surface area contributed by atoms with E-state index in [0.717, 1.165) is 29.8 Å². The van der Waals surface area contributed by atoms with Crippen molar-refractivity contribution < 1.29 is 8.42 Å². The van der Waals surface area contributed by atoms with Crippen LogP contribution >= 0.6 is 0 Å². The van der Waals surface area contributed by atoms with E-state index in [2.05, 4.69) is 28.9 Å². The topological polar surface area (TPSA) is 84.2 Å². The SMILES string of the molecule is CC(C)n1cc(-c2nccnc2C[C@H]2CCCN(S(=O)(=O)N(C)C)C2)cn1. The summed E-state index contributed by atoms with van der Waals surface area (Å²) in [7, 11) is -0.225. The summed E-state index contributed by atoms with van der Waals surface area (Å²) in [6, 6.07) is 0.280. The molecule has 0 bridgehead atoms. The van der Waals surface area contributed by atoms with E-state index >= 15 is 0 Å². The van der Waals surface area contributed by atoms with Gasteiger partial charge in [-0.1, -0.05) is 0 Å². The first-order valence-corrected chi connectivity index (χ1v) is 10.7. The maximum Gasteiger partial charge on any atom is 0.281 e. The molecule has 3 heterocycles. The van der Waals surface area contributed by atoms with Gasteiger partial charge in [-0.25, -0.2) is 0 Å². The lowest BCUT2D eigenvalue weighted by Gasteiger charge is -2.33. The molecule has 0 radical (unpaired) electrons. The molecular weight excluding hydrogens is 364 g/mol. The van der Waals surface area contributed by atoms with Gasteiger partial charge in [-0.3, -0.25) is 14.6 Å². The predicted octanol–water partition coefficient (Wildman–Crippen LogP) is 1.98. The monoisotopic (exact) mass is 392 g/mol. The summed E-state index contributed by atoms with van der Waals surface area (Å²) in [5, 5.41) is 4.40. The fourth-order valence-electron chi connectivity index (χ4n) is 3.41. The number of nitrogens with zero attached hydrogens (tertiary/aromatic N) is 6. The highest BCUT2D eigenvalue weighted by Crippen LogP contribution is 2.27. The highest BCUT2D eigenvalue weighted by atomic mass is 32.2. The number of hydrogen-bond donors (Lipinski definition) is 0. The van der Waals surface area contributed by atoms with Crippen molar-refractivity contribution in [1.82, 2.24) is 28.4 Å². The summed E-state index contributed by atoms with van der Waals surface area (Å²) in [6.07, 6.45) is 9.74. The zero-order valence-electron chi connectivity index (χ0n) is 16.4. The Morgan fingerprint density at radius 2 is 2.00 bits per heavy atom. The van der Waals surface area contributed by atoms with E-state index in [1.807, 2.05) is 17.1 Å². The predicted molar refractivity (Wildman–Crippen MR) is 104 cm³/mol. The van der Waals surface area contributed by atoms with Gasteiger partial charge in [0.15, 0.2) is 0 Å². The van der Waals surface area contributed by atoms with Crippen molar-refractivity contribution in [2.75, 3.05) is 27.2 Å². The Hall–Kier alpha value is -1.84. The molecule has 27 heavy (non-hydrogen) atoms. The van der Waals surface area contributed by atoms with E-state index < -0.39 is 10.2 Å². The Bertz CT molecular complexity index is 877. The number of piperidine rings is 1. The second kappa shape index (κ2) is 8.04. The van der Waals surface area contributed by atoms with Gasteiger partial charge in [0.1, 0.15) is 0 Å². The highest BCUT2D eigenvalue weighted by molar-refractivity contribution is 7.86. The van der Waals surface area contributed by atoms with Gasteiger partial charge in [0.2, 0.25) is 0 Å². The average Bonchev–Trinajstić information content (AvgIpc) is 3.12. The molecule has 3 rings (SSSR count). The van der Waals surface area contributed by atoms with Gasteiger partial charge in [-0.05, 0) is 39.0 Å². The van der Waals surface area contributed by atoms with Crippen molar-refractivity contribution >= 4 is 10.2 Å². The first kappa shape index (κ1) is 19.9. The summed E-state index contributed by atoms with van der Waals surface area (Å²) in [4.78, 5) is 9.07. The lowest BCUT2D eigenvalue weighted by molar-refractivity contribution is 0.253. The molecule has 0 aliphatic carbocycles. The molecule has 0 unspecified atom stereocenters. The van der Waals surface area contributed by atoms with Gasteiger partial charge < -0.3 is 0 Å². The van der Waals surface area contributed by atoms with Crippen molar-refractivity contribution in [3.63, 3.8) is 0 Å². The first-order chi connectivity index (χ1) is 12.8. The molecule has 1 aliphatic heterocycles. The quantitative estimate of drug-likeness (QED) is 0.750. The third-order valence-electron chi connectivity index (χ3n) is 4.93. The number of aromatic nitrogens is 4. The smallest absolute Gasteiger partial charge is 0.270 e. The zero-order chi connectivity index (χ0) is 19.6. The van der Waals surface area contributed by atoms with E-state index in [4.69, 9.17) is 0 Å². The summed E-state index contributed by atoms with van der Waals surface area (Å²) in [5.74, 6) is 0.226. The van der Waals surface area contributed by atoms with Gasteiger partial charge in [0.25, 0.3) is 10.2 Å². The Morgan fingerprint density at radius 3 is 2.67 bits per heavy atom. The molecule has 0 saturated carbocycles. The third-order valence-corrected chi connectivity index (χ3v) is 6.84.